The molecule has 2 rings (SSSR count). The third-order valence-electron chi connectivity index (χ3n) is 2.70. The Labute approximate surface area is 115 Å². The molecule has 20 heavy (non-hydrogen) atoms. The second kappa shape index (κ2) is 5.79. The van der Waals surface area contributed by atoms with Crippen LogP contribution in [-0.4, -0.2) is 15.8 Å². The number of nitro benzene ring substituents is 1. The molecule has 2 aromatic carbocycles. The number of hydrogen-bond acceptors (Lipinski definition) is 4. The molecule has 0 aromatic heterocycles. The minimum Gasteiger partial charge on any atom is -0.507 e. The van der Waals surface area contributed by atoms with Crippen molar-refractivity contribution >= 4 is 17.2 Å². The van der Waals surface area contributed by atoms with Gasteiger partial charge in [0, 0.05) is 17.7 Å². The predicted octanol–water partition coefficient (Wildman–Crippen LogP) is 3.38. The molecule has 0 aliphatic carbocycles. The van der Waals surface area contributed by atoms with Crippen LogP contribution in [0.4, 0.5) is 5.69 Å². The number of carbonyl (C=O) groups excluding carboxylic acids is 1. The Morgan fingerprint density at radius 3 is 2.30 bits per heavy atom. The fraction of sp³-hybridized carbons (Fsp3) is 0. The van der Waals surface area contributed by atoms with Crippen LogP contribution in [0, 0.1) is 10.1 Å². The topological polar surface area (TPSA) is 80.4 Å². The van der Waals surface area contributed by atoms with Crippen LogP contribution in [0.2, 0.25) is 0 Å². The van der Waals surface area contributed by atoms with E-state index in [0.717, 1.165) is 6.08 Å². The molecule has 0 spiro atoms. The van der Waals surface area contributed by atoms with Crippen molar-refractivity contribution in [1.82, 2.24) is 0 Å². The fourth-order valence-corrected chi connectivity index (χ4v) is 1.74. The van der Waals surface area contributed by atoms with Crippen molar-refractivity contribution in [2.24, 2.45) is 0 Å². The maximum absolute atomic E-state index is 12.0. The largest absolute Gasteiger partial charge is 0.507 e. The highest BCUT2D eigenvalue weighted by Crippen LogP contribution is 2.20. The van der Waals surface area contributed by atoms with Gasteiger partial charge in [-0.15, -0.1) is 0 Å². The van der Waals surface area contributed by atoms with Crippen molar-refractivity contribution in [3.05, 3.63) is 81.9 Å². The van der Waals surface area contributed by atoms with E-state index in [-0.39, 0.29) is 17.0 Å². The molecule has 1 N–H and O–H groups in total. The minimum atomic E-state index is -0.624. The number of allylic oxidation sites excluding steroid dienone is 1. The molecule has 0 aliphatic heterocycles. The van der Waals surface area contributed by atoms with Gasteiger partial charge in [-0.05, 0) is 6.07 Å². The molecule has 0 atom stereocenters. The van der Waals surface area contributed by atoms with Crippen molar-refractivity contribution in [3.8, 4) is 0 Å². The van der Waals surface area contributed by atoms with Crippen molar-refractivity contribution in [2.75, 3.05) is 0 Å². The normalized spacial score (nSPS) is 11.1. The minimum absolute atomic E-state index is 0.0556. The summed E-state index contributed by atoms with van der Waals surface area (Å²) in [5, 5.41) is 20.7. The first kappa shape index (κ1) is 13.5. The molecule has 0 radical (unpaired) electrons. The maximum Gasteiger partial charge on any atom is 0.280 e. The quantitative estimate of drug-likeness (QED) is 0.303. The average Bonchev–Trinajstić information content (AvgIpc) is 2.48. The first-order chi connectivity index (χ1) is 9.59. The molecular formula is C15H11NO4. The molecule has 5 heteroatoms. The van der Waals surface area contributed by atoms with Crippen molar-refractivity contribution in [2.45, 2.75) is 0 Å². The Morgan fingerprint density at radius 2 is 1.65 bits per heavy atom. The van der Waals surface area contributed by atoms with Crippen molar-refractivity contribution in [1.29, 1.82) is 0 Å². The van der Waals surface area contributed by atoms with E-state index in [2.05, 4.69) is 0 Å². The highest BCUT2D eigenvalue weighted by atomic mass is 16.6. The van der Waals surface area contributed by atoms with E-state index in [0.29, 0.717) is 5.56 Å². The van der Waals surface area contributed by atoms with E-state index < -0.39 is 10.7 Å². The fourth-order valence-electron chi connectivity index (χ4n) is 1.74. The maximum atomic E-state index is 12.0. The first-order valence-corrected chi connectivity index (χ1v) is 5.83. The van der Waals surface area contributed by atoms with Gasteiger partial charge in [0.15, 0.2) is 5.78 Å². The molecule has 0 unspecified atom stereocenters. The summed E-state index contributed by atoms with van der Waals surface area (Å²) in [6.07, 6.45) is 0.984. The van der Waals surface area contributed by atoms with Crippen LogP contribution < -0.4 is 0 Å². The van der Waals surface area contributed by atoms with Gasteiger partial charge >= 0.3 is 0 Å². The van der Waals surface area contributed by atoms with Crippen LogP contribution in [0.25, 0.3) is 5.76 Å². The summed E-state index contributed by atoms with van der Waals surface area (Å²) in [5.74, 6) is -0.840. The lowest BCUT2D eigenvalue weighted by Crippen LogP contribution is -2.02. The van der Waals surface area contributed by atoms with Gasteiger partial charge in [0.05, 0.1) is 10.5 Å². The van der Waals surface area contributed by atoms with Gasteiger partial charge in [-0.2, -0.15) is 0 Å². The van der Waals surface area contributed by atoms with Crippen LogP contribution in [-0.2, 0) is 0 Å². The summed E-state index contributed by atoms with van der Waals surface area (Å²) in [5.41, 5.74) is 0.133. The van der Waals surface area contributed by atoms with E-state index in [1.165, 1.54) is 24.3 Å². The molecule has 0 fully saturated rings. The van der Waals surface area contributed by atoms with Crippen LogP contribution in [0.3, 0.4) is 0 Å². The summed E-state index contributed by atoms with van der Waals surface area (Å²) in [6, 6.07) is 14.1. The van der Waals surface area contributed by atoms with E-state index in [1.54, 1.807) is 30.3 Å². The summed E-state index contributed by atoms with van der Waals surface area (Å²) in [4.78, 5) is 22.2. The zero-order chi connectivity index (χ0) is 14.5. The monoisotopic (exact) mass is 269 g/mol. The Morgan fingerprint density at radius 1 is 1.05 bits per heavy atom. The summed E-state index contributed by atoms with van der Waals surface area (Å²) in [6.45, 7) is 0. The molecule has 0 aliphatic rings. The molecule has 0 heterocycles. The SMILES string of the molecule is O=C(/C=C(\O)c1ccccc1)c1ccccc1[N+](=O)[O-]. The molecule has 0 amide bonds. The lowest BCUT2D eigenvalue weighted by Gasteiger charge is -2.01. The number of aliphatic hydroxyl groups excluding tert-OH is 1. The van der Waals surface area contributed by atoms with E-state index in [4.69, 9.17) is 0 Å². The molecule has 0 saturated carbocycles. The van der Waals surface area contributed by atoms with Crippen molar-refractivity contribution < 1.29 is 14.8 Å². The van der Waals surface area contributed by atoms with Gasteiger partial charge in [-0.3, -0.25) is 14.9 Å². The lowest BCUT2D eigenvalue weighted by molar-refractivity contribution is -0.385. The number of ketones is 1. The average molecular weight is 269 g/mol. The molecule has 2 aromatic rings. The van der Waals surface area contributed by atoms with E-state index >= 15 is 0 Å². The highest BCUT2D eigenvalue weighted by Gasteiger charge is 2.18. The van der Waals surface area contributed by atoms with Crippen LogP contribution in [0.1, 0.15) is 15.9 Å². The third-order valence-corrected chi connectivity index (χ3v) is 2.70. The van der Waals surface area contributed by atoms with Gasteiger partial charge < -0.3 is 5.11 Å². The summed E-state index contributed by atoms with van der Waals surface area (Å²) >= 11 is 0. The van der Waals surface area contributed by atoms with Crippen LogP contribution in [0.15, 0.2) is 60.7 Å². The summed E-state index contributed by atoms with van der Waals surface area (Å²) in [7, 11) is 0. The van der Waals surface area contributed by atoms with E-state index in [9.17, 15) is 20.0 Å². The van der Waals surface area contributed by atoms with Gasteiger partial charge in [0.25, 0.3) is 5.69 Å². The molecule has 0 bridgehead atoms. The Hall–Kier alpha value is -2.95. The van der Waals surface area contributed by atoms with Gasteiger partial charge in [-0.25, -0.2) is 0 Å². The number of benzene rings is 2. The number of para-hydroxylation sites is 1. The second-order valence-electron chi connectivity index (χ2n) is 4.03. The first-order valence-electron chi connectivity index (χ1n) is 5.83. The lowest BCUT2D eigenvalue weighted by atomic mass is 10.1. The number of aliphatic hydroxyl groups is 1. The number of hydrogen-bond donors (Lipinski definition) is 1. The zero-order valence-electron chi connectivity index (χ0n) is 10.4. The highest BCUT2D eigenvalue weighted by molar-refractivity contribution is 6.10. The van der Waals surface area contributed by atoms with Gasteiger partial charge in [0.2, 0.25) is 0 Å². The number of nitro groups is 1. The second-order valence-corrected chi connectivity index (χ2v) is 4.03. The summed E-state index contributed by atoms with van der Waals surface area (Å²) < 4.78 is 0. The van der Waals surface area contributed by atoms with Crippen molar-refractivity contribution in [3.63, 3.8) is 0 Å². The Balaban J connectivity index is 2.36. The number of carbonyl (C=O) groups is 1. The Bertz CT molecular complexity index is 677. The molecule has 5 nitrogen and oxygen atoms in total. The van der Waals surface area contributed by atoms with Crippen LogP contribution >= 0.6 is 0 Å². The van der Waals surface area contributed by atoms with Gasteiger partial charge in [-0.1, -0.05) is 42.5 Å². The molecule has 100 valence electrons. The number of nitrogens with zero attached hydrogens (tertiary/aromatic N) is 1. The third kappa shape index (κ3) is 2.89. The predicted molar refractivity (Wildman–Crippen MR) is 74.5 cm³/mol. The Kier molecular flexibility index (Phi) is 3.91. The van der Waals surface area contributed by atoms with Gasteiger partial charge in [0.1, 0.15) is 5.76 Å². The van der Waals surface area contributed by atoms with E-state index in [1.807, 2.05) is 0 Å². The van der Waals surface area contributed by atoms with Crippen LogP contribution in [0.5, 0.6) is 0 Å². The number of rotatable bonds is 4. The molecular weight excluding hydrogens is 258 g/mol. The zero-order valence-corrected chi connectivity index (χ0v) is 10.4. The molecule has 0 saturated heterocycles. The smallest absolute Gasteiger partial charge is 0.280 e. The standard InChI is InChI=1S/C15H11NO4/c17-14(11-6-2-1-3-7-11)10-15(18)12-8-4-5-9-13(12)16(19)20/h1-10,17H/b14-10-.